The zero-order chi connectivity index (χ0) is 12.0. The van der Waals surface area contributed by atoms with Gasteiger partial charge in [-0.25, -0.2) is 0 Å². The second-order valence-electron chi connectivity index (χ2n) is 3.63. The highest BCUT2D eigenvalue weighted by molar-refractivity contribution is 6.19. The van der Waals surface area contributed by atoms with Gasteiger partial charge in [0.05, 0.1) is 6.61 Å². The van der Waals surface area contributed by atoms with Crippen LogP contribution in [0.3, 0.4) is 0 Å². The Kier molecular flexibility index (Phi) is 5.29. The molecular weight excluding hydrogens is 226 g/mol. The Morgan fingerprint density at radius 3 is 2.81 bits per heavy atom. The molecule has 1 amide bonds. The lowest BCUT2D eigenvalue weighted by Crippen LogP contribution is -2.22. The lowest BCUT2D eigenvalue weighted by Gasteiger charge is -2.12. The molecule has 0 aliphatic heterocycles. The number of methoxy groups -OCH3 is 1. The number of amides is 1. The second-order valence-corrected chi connectivity index (χ2v) is 3.94. The third kappa shape index (κ3) is 3.51. The molecule has 0 aromatic heterocycles. The topological polar surface area (TPSA) is 38.3 Å². The van der Waals surface area contributed by atoms with Gasteiger partial charge in [0.25, 0.3) is 0 Å². The molecule has 0 saturated carbocycles. The van der Waals surface area contributed by atoms with Crippen molar-refractivity contribution in [2.75, 3.05) is 18.3 Å². The average Bonchev–Trinajstić information content (AvgIpc) is 2.31. The molecule has 1 aromatic carbocycles. The predicted molar refractivity (Wildman–Crippen MR) is 65.7 cm³/mol. The van der Waals surface area contributed by atoms with Gasteiger partial charge in [0.15, 0.2) is 0 Å². The van der Waals surface area contributed by atoms with Crippen molar-refractivity contribution < 1.29 is 9.53 Å². The molecule has 16 heavy (non-hydrogen) atoms. The minimum atomic E-state index is -0.197. The van der Waals surface area contributed by atoms with Gasteiger partial charge in [-0.2, -0.15) is 0 Å². The maximum atomic E-state index is 11.7. The van der Waals surface area contributed by atoms with Gasteiger partial charge in [-0.1, -0.05) is 25.1 Å². The van der Waals surface area contributed by atoms with Crippen LogP contribution in [0.4, 0.5) is 5.69 Å². The van der Waals surface area contributed by atoms with Gasteiger partial charge >= 0.3 is 0 Å². The highest BCUT2D eigenvalue weighted by Gasteiger charge is 2.12. The van der Waals surface area contributed by atoms with E-state index in [-0.39, 0.29) is 11.8 Å². The van der Waals surface area contributed by atoms with Crippen molar-refractivity contribution in [3.63, 3.8) is 0 Å². The smallest absolute Gasteiger partial charge is 0.228 e. The van der Waals surface area contributed by atoms with Crippen molar-refractivity contribution in [2.45, 2.75) is 13.5 Å². The molecule has 0 saturated heterocycles. The molecular formula is C12H16ClNO2. The molecule has 1 rings (SSSR count). The summed E-state index contributed by atoms with van der Waals surface area (Å²) in [7, 11) is 1.62. The van der Waals surface area contributed by atoms with Gasteiger partial charge in [-0.05, 0) is 6.07 Å². The largest absolute Gasteiger partial charge is 0.380 e. The number of benzene rings is 1. The van der Waals surface area contributed by atoms with Crippen LogP contribution in [0.2, 0.25) is 0 Å². The Hall–Kier alpha value is -1.06. The molecule has 1 aromatic rings. The van der Waals surface area contributed by atoms with Gasteiger partial charge in [-0.15, -0.1) is 11.6 Å². The molecule has 0 heterocycles. The van der Waals surface area contributed by atoms with E-state index in [2.05, 4.69) is 5.32 Å². The fourth-order valence-corrected chi connectivity index (χ4v) is 1.39. The first-order valence-electron chi connectivity index (χ1n) is 5.12. The number of nitrogens with one attached hydrogen (secondary N) is 1. The second kappa shape index (κ2) is 6.51. The number of hydrogen-bond acceptors (Lipinski definition) is 2. The summed E-state index contributed by atoms with van der Waals surface area (Å²) >= 11 is 5.63. The molecule has 0 fully saturated rings. The van der Waals surface area contributed by atoms with Gasteiger partial charge in [-0.3, -0.25) is 4.79 Å². The first-order chi connectivity index (χ1) is 7.69. The fourth-order valence-electron chi connectivity index (χ4n) is 1.25. The van der Waals surface area contributed by atoms with E-state index in [0.717, 1.165) is 11.3 Å². The molecule has 0 aliphatic carbocycles. The van der Waals surface area contributed by atoms with Crippen LogP contribution in [-0.2, 0) is 16.1 Å². The van der Waals surface area contributed by atoms with Crippen molar-refractivity contribution >= 4 is 23.2 Å². The van der Waals surface area contributed by atoms with Crippen molar-refractivity contribution in [2.24, 2.45) is 5.92 Å². The van der Waals surface area contributed by atoms with Crippen LogP contribution < -0.4 is 5.32 Å². The lowest BCUT2D eigenvalue weighted by molar-refractivity contribution is -0.118. The number of anilines is 1. The van der Waals surface area contributed by atoms with Crippen molar-refractivity contribution in [3.05, 3.63) is 29.8 Å². The van der Waals surface area contributed by atoms with Crippen molar-refractivity contribution in [1.29, 1.82) is 0 Å². The molecule has 1 unspecified atom stereocenters. The Balaban J connectivity index is 2.76. The SMILES string of the molecule is COCc1ccccc1NC(=O)C(C)CCl. The van der Waals surface area contributed by atoms with E-state index in [4.69, 9.17) is 16.3 Å². The van der Waals surface area contributed by atoms with Gasteiger partial charge in [0.2, 0.25) is 5.91 Å². The maximum absolute atomic E-state index is 11.7. The molecule has 0 spiro atoms. The standard InChI is InChI=1S/C12H16ClNO2/c1-9(7-13)12(15)14-11-6-4-3-5-10(11)8-16-2/h3-6,9H,7-8H2,1-2H3,(H,14,15). The first kappa shape index (κ1) is 13.0. The van der Waals surface area contributed by atoms with Crippen LogP contribution in [-0.4, -0.2) is 18.9 Å². The van der Waals surface area contributed by atoms with E-state index >= 15 is 0 Å². The van der Waals surface area contributed by atoms with Crippen LogP contribution in [0.5, 0.6) is 0 Å². The first-order valence-corrected chi connectivity index (χ1v) is 5.66. The minimum absolute atomic E-state index is 0.0708. The van der Waals surface area contributed by atoms with E-state index in [1.54, 1.807) is 14.0 Å². The van der Waals surface area contributed by atoms with E-state index in [1.807, 2.05) is 24.3 Å². The highest BCUT2D eigenvalue weighted by atomic mass is 35.5. The fraction of sp³-hybridized carbons (Fsp3) is 0.417. The zero-order valence-corrected chi connectivity index (χ0v) is 10.3. The number of carbonyl (C=O) groups is 1. The zero-order valence-electron chi connectivity index (χ0n) is 9.50. The quantitative estimate of drug-likeness (QED) is 0.805. The molecule has 0 bridgehead atoms. The minimum Gasteiger partial charge on any atom is -0.380 e. The van der Waals surface area contributed by atoms with Gasteiger partial charge in [0.1, 0.15) is 0 Å². The predicted octanol–water partition coefficient (Wildman–Crippen LogP) is 2.65. The summed E-state index contributed by atoms with van der Waals surface area (Å²) < 4.78 is 5.06. The average molecular weight is 242 g/mol. The Bertz CT molecular complexity index is 355. The molecule has 1 N–H and O–H groups in total. The van der Waals surface area contributed by atoms with E-state index in [9.17, 15) is 4.79 Å². The molecule has 0 radical (unpaired) electrons. The Morgan fingerprint density at radius 2 is 2.19 bits per heavy atom. The Labute approximate surface area is 101 Å². The number of halogens is 1. The number of alkyl halides is 1. The number of ether oxygens (including phenoxy) is 1. The van der Waals surface area contributed by atoms with E-state index in [1.165, 1.54) is 0 Å². The molecule has 3 nitrogen and oxygen atoms in total. The summed E-state index contributed by atoms with van der Waals surface area (Å²) in [6, 6.07) is 7.56. The van der Waals surface area contributed by atoms with Crippen LogP contribution >= 0.6 is 11.6 Å². The maximum Gasteiger partial charge on any atom is 0.228 e. The molecule has 88 valence electrons. The number of carbonyl (C=O) groups excluding carboxylic acids is 1. The van der Waals surface area contributed by atoms with Crippen molar-refractivity contribution in [1.82, 2.24) is 0 Å². The monoisotopic (exact) mass is 241 g/mol. The summed E-state index contributed by atoms with van der Waals surface area (Å²) in [5.41, 5.74) is 1.74. The van der Waals surface area contributed by atoms with Crippen LogP contribution in [0.1, 0.15) is 12.5 Å². The number of hydrogen-bond donors (Lipinski definition) is 1. The number of para-hydroxylation sites is 1. The summed E-state index contributed by atoms with van der Waals surface area (Å²) in [5, 5.41) is 2.84. The lowest BCUT2D eigenvalue weighted by atomic mass is 10.1. The van der Waals surface area contributed by atoms with Gasteiger partial charge in [0, 0.05) is 30.2 Å². The van der Waals surface area contributed by atoms with Crippen LogP contribution in [0, 0.1) is 5.92 Å². The van der Waals surface area contributed by atoms with Crippen LogP contribution in [0.15, 0.2) is 24.3 Å². The van der Waals surface area contributed by atoms with Gasteiger partial charge < -0.3 is 10.1 Å². The third-order valence-corrected chi connectivity index (χ3v) is 2.72. The Morgan fingerprint density at radius 1 is 1.50 bits per heavy atom. The molecule has 4 heteroatoms. The molecule has 0 aliphatic rings. The summed E-state index contributed by atoms with van der Waals surface area (Å²) in [5.74, 6) is 0.0500. The molecule has 1 atom stereocenters. The number of rotatable bonds is 5. The summed E-state index contributed by atoms with van der Waals surface area (Å²) in [6.07, 6.45) is 0. The van der Waals surface area contributed by atoms with Crippen LogP contribution in [0.25, 0.3) is 0 Å². The highest BCUT2D eigenvalue weighted by Crippen LogP contribution is 2.16. The normalized spacial score (nSPS) is 12.2. The van der Waals surface area contributed by atoms with E-state index in [0.29, 0.717) is 12.5 Å². The van der Waals surface area contributed by atoms with Crippen molar-refractivity contribution in [3.8, 4) is 0 Å². The third-order valence-electron chi connectivity index (χ3n) is 2.25. The van der Waals surface area contributed by atoms with E-state index < -0.39 is 0 Å². The summed E-state index contributed by atoms with van der Waals surface area (Å²) in [6.45, 7) is 2.27. The summed E-state index contributed by atoms with van der Waals surface area (Å²) in [4.78, 5) is 11.7.